The molecule has 2 saturated carbocycles. The molecular formula is C30H39BrN4O3. The summed E-state index contributed by atoms with van der Waals surface area (Å²) in [5, 5.41) is 1.07. The van der Waals surface area contributed by atoms with Crippen LogP contribution in [0, 0.1) is 5.92 Å². The minimum Gasteiger partial charge on any atom is -0.444 e. The van der Waals surface area contributed by atoms with E-state index in [2.05, 4.69) is 43.6 Å². The van der Waals surface area contributed by atoms with Crippen molar-refractivity contribution in [3.8, 4) is 0 Å². The maximum atomic E-state index is 13.5. The molecule has 7 nitrogen and oxygen atoms in total. The summed E-state index contributed by atoms with van der Waals surface area (Å²) in [6, 6.07) is 7.04. The fourth-order valence-corrected chi connectivity index (χ4v) is 6.51. The highest BCUT2D eigenvalue weighted by molar-refractivity contribution is 9.10. The Balaban J connectivity index is 1.28. The number of hydrogen-bond acceptors (Lipinski definition) is 4. The third-order valence-electron chi connectivity index (χ3n) is 8.13. The first-order valence-corrected chi connectivity index (χ1v) is 15.0. The van der Waals surface area contributed by atoms with E-state index in [1.165, 1.54) is 25.7 Å². The van der Waals surface area contributed by atoms with Gasteiger partial charge in [0.25, 0.3) is 5.91 Å². The summed E-state index contributed by atoms with van der Waals surface area (Å²) < 4.78 is 9.03. The van der Waals surface area contributed by atoms with Crippen molar-refractivity contribution in [1.82, 2.24) is 19.3 Å². The smallest absolute Gasteiger partial charge is 0.410 e. The Hall–Kier alpha value is -2.32. The lowest BCUT2D eigenvalue weighted by Crippen LogP contribution is -2.49. The van der Waals surface area contributed by atoms with Gasteiger partial charge < -0.3 is 19.1 Å². The van der Waals surface area contributed by atoms with Crippen LogP contribution in [0.25, 0.3) is 16.5 Å². The molecule has 38 heavy (non-hydrogen) atoms. The van der Waals surface area contributed by atoms with Gasteiger partial charge in [0.15, 0.2) is 0 Å². The summed E-state index contributed by atoms with van der Waals surface area (Å²) >= 11 is 3.84. The van der Waals surface area contributed by atoms with Crippen LogP contribution in [-0.2, 0) is 11.3 Å². The van der Waals surface area contributed by atoms with Crippen molar-refractivity contribution in [2.75, 3.05) is 39.3 Å². The van der Waals surface area contributed by atoms with Crippen LogP contribution in [-0.4, -0.2) is 82.2 Å². The van der Waals surface area contributed by atoms with Crippen LogP contribution in [0.1, 0.15) is 68.9 Å². The van der Waals surface area contributed by atoms with Crippen LogP contribution in [0.5, 0.6) is 0 Å². The van der Waals surface area contributed by atoms with E-state index < -0.39 is 5.60 Å². The Morgan fingerprint density at radius 1 is 0.974 bits per heavy atom. The molecule has 4 aliphatic rings. The lowest BCUT2D eigenvalue weighted by Gasteiger charge is -2.34. The molecule has 1 aromatic carbocycles. The lowest BCUT2D eigenvalue weighted by molar-refractivity contribution is 0.0272. The zero-order valence-corrected chi connectivity index (χ0v) is 24.4. The Bertz CT molecular complexity index is 1280. The molecular weight excluding hydrogens is 544 g/mol. The van der Waals surface area contributed by atoms with E-state index in [9.17, 15) is 9.59 Å². The van der Waals surface area contributed by atoms with Gasteiger partial charge in [0, 0.05) is 66.4 Å². The number of hydrogen-bond donors (Lipinski definition) is 0. The molecule has 0 atom stereocenters. The molecule has 6 rings (SSSR count). The number of piperazine rings is 1. The van der Waals surface area contributed by atoms with E-state index in [-0.39, 0.29) is 12.0 Å². The Morgan fingerprint density at radius 3 is 2.37 bits per heavy atom. The fourth-order valence-electron chi connectivity index (χ4n) is 5.82. The Labute approximate surface area is 233 Å². The Morgan fingerprint density at radius 2 is 1.71 bits per heavy atom. The van der Waals surface area contributed by atoms with Gasteiger partial charge in [-0.2, -0.15) is 0 Å². The predicted octanol–water partition coefficient (Wildman–Crippen LogP) is 5.76. The first kappa shape index (κ1) is 25.9. The SMILES string of the molecule is CC(C)(C)OC(=O)N1CCC=C(c2cc3cc(C(=O)N4CCN(C5CC5)CC4)cc(Br)c3n2CC2CC2)C1. The molecule has 2 aromatic rings. The standard InChI is InChI=1S/C30H39BrN4O3/c1-30(2,3)38-29(37)34-10-4-5-21(19-34)26-17-22-15-23(16-25(31)27(22)35(26)18-20-6-7-20)28(36)33-13-11-32(12-14-33)24-8-9-24/h5,15-17,20,24H,4,6-14,18-19H2,1-3H3. The number of fused-ring (bicyclic) bond motifs is 1. The summed E-state index contributed by atoms with van der Waals surface area (Å²) in [5.74, 6) is 0.805. The van der Waals surface area contributed by atoms with Crippen LogP contribution in [0.3, 0.4) is 0 Å². The van der Waals surface area contributed by atoms with Crippen LogP contribution < -0.4 is 0 Å². The minimum atomic E-state index is -0.516. The molecule has 3 heterocycles. The first-order valence-electron chi connectivity index (χ1n) is 14.2. The van der Waals surface area contributed by atoms with Crippen molar-refractivity contribution in [3.05, 3.63) is 40.0 Å². The van der Waals surface area contributed by atoms with Crippen LogP contribution >= 0.6 is 15.9 Å². The monoisotopic (exact) mass is 582 g/mol. The number of aromatic nitrogens is 1. The molecule has 0 bridgehead atoms. The summed E-state index contributed by atoms with van der Waals surface area (Å²) in [6.07, 6.45) is 7.93. The molecule has 3 fully saturated rings. The molecule has 2 aliphatic heterocycles. The summed E-state index contributed by atoms with van der Waals surface area (Å²) in [5.41, 5.74) is 3.65. The maximum absolute atomic E-state index is 13.5. The molecule has 0 radical (unpaired) electrons. The largest absolute Gasteiger partial charge is 0.444 e. The molecule has 1 saturated heterocycles. The quantitative estimate of drug-likeness (QED) is 0.450. The van der Waals surface area contributed by atoms with Crippen LogP contribution in [0.15, 0.2) is 28.7 Å². The number of nitrogens with zero attached hydrogens (tertiary/aromatic N) is 4. The van der Waals surface area contributed by atoms with Crippen molar-refractivity contribution in [2.45, 2.75) is 71.1 Å². The van der Waals surface area contributed by atoms with E-state index in [0.29, 0.717) is 19.0 Å². The zero-order chi connectivity index (χ0) is 26.6. The van der Waals surface area contributed by atoms with Gasteiger partial charge in [-0.1, -0.05) is 6.08 Å². The number of ether oxygens (including phenoxy) is 1. The summed E-state index contributed by atoms with van der Waals surface area (Å²) in [6.45, 7) is 11.4. The molecule has 204 valence electrons. The summed E-state index contributed by atoms with van der Waals surface area (Å²) in [7, 11) is 0. The molecule has 2 aliphatic carbocycles. The first-order chi connectivity index (χ1) is 18.2. The van der Waals surface area contributed by atoms with E-state index in [1.54, 1.807) is 0 Å². The average Bonchev–Trinajstić information content (AvgIpc) is 3.81. The van der Waals surface area contributed by atoms with Crippen LogP contribution in [0.4, 0.5) is 4.79 Å². The minimum absolute atomic E-state index is 0.118. The number of carbonyl (C=O) groups is 2. The number of amides is 2. The highest BCUT2D eigenvalue weighted by atomic mass is 79.9. The van der Waals surface area contributed by atoms with Crippen molar-refractivity contribution >= 4 is 44.4 Å². The average molecular weight is 584 g/mol. The van der Waals surface area contributed by atoms with Crippen molar-refractivity contribution in [1.29, 1.82) is 0 Å². The van der Waals surface area contributed by atoms with Crippen molar-refractivity contribution < 1.29 is 14.3 Å². The van der Waals surface area contributed by atoms with Gasteiger partial charge in [-0.25, -0.2) is 4.79 Å². The maximum Gasteiger partial charge on any atom is 0.410 e. The van der Waals surface area contributed by atoms with E-state index in [1.807, 2.05) is 36.6 Å². The van der Waals surface area contributed by atoms with Crippen LogP contribution in [0.2, 0.25) is 0 Å². The number of benzene rings is 1. The van der Waals surface area contributed by atoms with Gasteiger partial charge in [-0.3, -0.25) is 9.69 Å². The summed E-state index contributed by atoms with van der Waals surface area (Å²) in [4.78, 5) is 32.7. The Kier molecular flexibility index (Phi) is 6.83. The normalized spacial score (nSPS) is 21.1. The second-order valence-electron chi connectivity index (χ2n) is 12.5. The number of rotatable bonds is 5. The topological polar surface area (TPSA) is 58.0 Å². The second-order valence-corrected chi connectivity index (χ2v) is 13.3. The third kappa shape index (κ3) is 5.53. The molecule has 0 unspecified atom stereocenters. The van der Waals surface area contributed by atoms with Gasteiger partial charge in [-0.15, -0.1) is 0 Å². The zero-order valence-electron chi connectivity index (χ0n) is 22.8. The van der Waals surface area contributed by atoms with Crippen molar-refractivity contribution in [2.24, 2.45) is 5.92 Å². The molecule has 1 aromatic heterocycles. The lowest BCUT2D eigenvalue weighted by atomic mass is 10.1. The predicted molar refractivity (Wildman–Crippen MR) is 153 cm³/mol. The molecule has 2 amide bonds. The van der Waals surface area contributed by atoms with Gasteiger partial charge in [0.1, 0.15) is 5.60 Å². The van der Waals surface area contributed by atoms with Gasteiger partial charge in [0.05, 0.1) is 12.1 Å². The molecule has 8 heteroatoms. The van der Waals surface area contributed by atoms with E-state index >= 15 is 0 Å². The van der Waals surface area contributed by atoms with Gasteiger partial charge in [0.2, 0.25) is 0 Å². The number of carbonyl (C=O) groups excluding carboxylic acids is 2. The second kappa shape index (κ2) is 10.0. The fraction of sp³-hybridized carbons (Fsp3) is 0.600. The van der Waals surface area contributed by atoms with E-state index in [4.69, 9.17) is 4.74 Å². The molecule has 0 N–H and O–H groups in total. The number of halogens is 1. The van der Waals surface area contributed by atoms with Gasteiger partial charge >= 0.3 is 6.09 Å². The molecule has 0 spiro atoms. The highest BCUT2D eigenvalue weighted by Gasteiger charge is 2.33. The van der Waals surface area contributed by atoms with Gasteiger partial charge in [-0.05, 0) is 98.5 Å². The van der Waals surface area contributed by atoms with Crippen molar-refractivity contribution in [3.63, 3.8) is 0 Å². The third-order valence-corrected chi connectivity index (χ3v) is 8.73. The van der Waals surface area contributed by atoms with E-state index in [0.717, 1.165) is 77.4 Å². The highest BCUT2D eigenvalue weighted by Crippen LogP contribution is 2.38.